The van der Waals surface area contributed by atoms with E-state index in [1.54, 1.807) is 0 Å². The van der Waals surface area contributed by atoms with E-state index in [2.05, 4.69) is 98.2 Å². The van der Waals surface area contributed by atoms with Crippen LogP contribution < -0.4 is 10.8 Å². The minimum Gasteiger partial charge on any atom is -0.399 e. The highest BCUT2D eigenvalue weighted by atomic mass is 16.7. The van der Waals surface area contributed by atoms with Gasteiger partial charge in [-0.1, -0.05) is 66.7 Å². The van der Waals surface area contributed by atoms with Crippen LogP contribution in [0.25, 0.3) is 5.65 Å². The van der Waals surface area contributed by atoms with E-state index < -0.39 is 7.12 Å². The fraction of sp³-hybridized carbons (Fsp3) is 0.296. The van der Waals surface area contributed by atoms with E-state index in [1.807, 2.05) is 18.2 Å². The number of rotatable bonds is 6. The van der Waals surface area contributed by atoms with Gasteiger partial charge in [0.05, 0.1) is 16.9 Å². The number of nitrogens with one attached hydrogen (secondary N) is 1. The molecule has 1 saturated heterocycles. The summed E-state index contributed by atoms with van der Waals surface area (Å²) in [6, 6.07) is 25.0. The molecule has 1 N–H and O–H groups in total. The average molecular weight is 439 g/mol. The first-order valence-corrected chi connectivity index (χ1v) is 11.5. The minimum absolute atomic E-state index is 0.381. The van der Waals surface area contributed by atoms with Crippen molar-refractivity contribution in [3.8, 4) is 0 Å². The van der Waals surface area contributed by atoms with Gasteiger partial charge >= 0.3 is 7.12 Å². The zero-order valence-electron chi connectivity index (χ0n) is 19.7. The summed E-state index contributed by atoms with van der Waals surface area (Å²) in [6.45, 7) is 9.03. The number of pyridine rings is 1. The van der Waals surface area contributed by atoms with E-state index in [-0.39, 0.29) is 11.2 Å². The van der Waals surface area contributed by atoms with Crippen LogP contribution in [-0.4, -0.2) is 27.7 Å². The topological polar surface area (TPSA) is 47.8 Å². The average Bonchev–Trinajstić information content (AvgIpc) is 3.25. The monoisotopic (exact) mass is 439 g/mol. The van der Waals surface area contributed by atoms with Crippen molar-refractivity contribution in [2.24, 2.45) is 0 Å². The summed E-state index contributed by atoms with van der Waals surface area (Å²) in [7, 11) is -0.415. The molecule has 0 spiro atoms. The van der Waals surface area contributed by atoms with Crippen LogP contribution in [0.1, 0.15) is 44.5 Å². The van der Waals surface area contributed by atoms with E-state index in [0.29, 0.717) is 0 Å². The summed E-state index contributed by atoms with van der Waals surface area (Å²) in [5.74, 6) is 0.996. The molecule has 0 bridgehead atoms. The van der Waals surface area contributed by atoms with Gasteiger partial charge in [-0.15, -0.1) is 0 Å². The quantitative estimate of drug-likeness (QED) is 0.437. The molecule has 5 nitrogen and oxygen atoms in total. The van der Waals surface area contributed by atoms with E-state index in [4.69, 9.17) is 14.3 Å². The van der Waals surface area contributed by atoms with Crippen LogP contribution in [0.2, 0.25) is 0 Å². The van der Waals surface area contributed by atoms with Gasteiger partial charge in [-0.2, -0.15) is 0 Å². The van der Waals surface area contributed by atoms with Crippen molar-refractivity contribution in [2.45, 2.75) is 51.9 Å². The standard InChI is InChI=1S/C27H30BN3O2/c1-26(2)27(3,4)33-28(32-26)22-15-16-24-30-23(17-20-11-7-5-8-12-20)25(31(24)19-22)29-18-21-13-9-6-10-14-21/h5-16,19,29H,17-18H2,1-4H3. The van der Waals surface area contributed by atoms with Crippen LogP contribution in [0, 0.1) is 0 Å². The summed E-state index contributed by atoms with van der Waals surface area (Å²) in [4.78, 5) is 4.96. The van der Waals surface area contributed by atoms with Gasteiger partial charge in [0.25, 0.3) is 0 Å². The number of hydrogen-bond acceptors (Lipinski definition) is 4. The van der Waals surface area contributed by atoms with Crippen molar-refractivity contribution in [1.82, 2.24) is 9.38 Å². The van der Waals surface area contributed by atoms with Crippen LogP contribution in [0.5, 0.6) is 0 Å². The molecule has 3 heterocycles. The predicted molar refractivity (Wildman–Crippen MR) is 134 cm³/mol. The molecular formula is C27H30BN3O2. The fourth-order valence-corrected chi connectivity index (χ4v) is 4.11. The molecule has 1 aliphatic rings. The molecule has 168 valence electrons. The Morgan fingerprint density at radius 2 is 1.42 bits per heavy atom. The third-order valence-corrected chi connectivity index (χ3v) is 6.76. The highest BCUT2D eigenvalue weighted by Gasteiger charge is 2.51. The molecule has 0 aliphatic carbocycles. The Hall–Kier alpha value is -3.09. The molecule has 6 heteroatoms. The number of imidazole rings is 1. The first-order valence-electron chi connectivity index (χ1n) is 11.5. The van der Waals surface area contributed by atoms with Crippen molar-refractivity contribution < 1.29 is 9.31 Å². The first-order chi connectivity index (χ1) is 15.8. The molecule has 0 atom stereocenters. The van der Waals surface area contributed by atoms with Crippen LogP contribution in [0.15, 0.2) is 79.0 Å². The lowest BCUT2D eigenvalue weighted by Gasteiger charge is -2.32. The number of nitrogens with zero attached hydrogens (tertiary/aromatic N) is 2. The van der Waals surface area contributed by atoms with Gasteiger partial charge in [0.2, 0.25) is 0 Å². The zero-order valence-corrected chi connectivity index (χ0v) is 19.7. The van der Waals surface area contributed by atoms with Crippen molar-refractivity contribution in [2.75, 3.05) is 5.32 Å². The van der Waals surface area contributed by atoms with Crippen LogP contribution >= 0.6 is 0 Å². The largest absolute Gasteiger partial charge is 0.496 e. The van der Waals surface area contributed by atoms with Crippen molar-refractivity contribution in [3.63, 3.8) is 0 Å². The van der Waals surface area contributed by atoms with Gasteiger partial charge in [-0.05, 0) is 50.4 Å². The van der Waals surface area contributed by atoms with Gasteiger partial charge in [0.15, 0.2) is 0 Å². The summed E-state index contributed by atoms with van der Waals surface area (Å²) < 4.78 is 14.7. The number of hydrogen-bond donors (Lipinski definition) is 1. The Labute approximate surface area is 195 Å². The molecule has 2 aromatic carbocycles. The van der Waals surface area contributed by atoms with Crippen LogP contribution in [0.4, 0.5) is 5.82 Å². The van der Waals surface area contributed by atoms with E-state index in [0.717, 1.165) is 35.6 Å². The maximum absolute atomic E-state index is 6.29. The van der Waals surface area contributed by atoms with E-state index in [1.165, 1.54) is 11.1 Å². The Kier molecular flexibility index (Phi) is 5.51. The van der Waals surface area contributed by atoms with Crippen LogP contribution in [-0.2, 0) is 22.3 Å². The molecule has 4 aromatic rings. The van der Waals surface area contributed by atoms with Gasteiger partial charge < -0.3 is 14.6 Å². The smallest absolute Gasteiger partial charge is 0.399 e. The highest BCUT2D eigenvalue weighted by molar-refractivity contribution is 6.62. The second-order valence-electron chi connectivity index (χ2n) is 9.69. The first kappa shape index (κ1) is 21.7. The number of fused-ring (bicyclic) bond motifs is 1. The molecule has 33 heavy (non-hydrogen) atoms. The van der Waals surface area contributed by atoms with E-state index in [9.17, 15) is 0 Å². The maximum Gasteiger partial charge on any atom is 0.496 e. The molecule has 0 radical (unpaired) electrons. The molecule has 5 rings (SSSR count). The third kappa shape index (κ3) is 4.29. The SMILES string of the molecule is CC1(C)OB(c2ccc3nc(Cc4ccccc4)c(NCc4ccccc4)n3c2)OC1(C)C. The number of aromatic nitrogens is 2. The van der Waals surface area contributed by atoms with Crippen molar-refractivity contribution in [1.29, 1.82) is 0 Å². The second kappa shape index (κ2) is 8.36. The summed E-state index contributed by atoms with van der Waals surface area (Å²) in [5.41, 5.74) is 4.59. The van der Waals surface area contributed by atoms with Gasteiger partial charge in [-0.3, -0.25) is 4.40 Å². The Bertz CT molecular complexity index is 1240. The number of benzene rings is 2. The van der Waals surface area contributed by atoms with Crippen molar-refractivity contribution >= 4 is 24.0 Å². The number of anilines is 1. The zero-order chi connectivity index (χ0) is 23.1. The summed E-state index contributed by atoms with van der Waals surface area (Å²) in [6.07, 6.45) is 2.85. The minimum atomic E-state index is -0.415. The Balaban J connectivity index is 1.52. The lowest BCUT2D eigenvalue weighted by Crippen LogP contribution is -2.41. The van der Waals surface area contributed by atoms with Gasteiger partial charge in [0, 0.05) is 19.2 Å². The predicted octanol–water partition coefficient (Wildman–Crippen LogP) is 4.84. The normalized spacial score (nSPS) is 16.9. The van der Waals surface area contributed by atoms with Crippen LogP contribution in [0.3, 0.4) is 0 Å². The summed E-state index contributed by atoms with van der Waals surface area (Å²) >= 11 is 0. The van der Waals surface area contributed by atoms with Gasteiger partial charge in [-0.25, -0.2) is 4.98 Å². The molecule has 0 saturated carbocycles. The maximum atomic E-state index is 6.29. The fourth-order valence-electron chi connectivity index (χ4n) is 4.11. The molecule has 1 fully saturated rings. The lowest BCUT2D eigenvalue weighted by molar-refractivity contribution is 0.00578. The highest BCUT2D eigenvalue weighted by Crippen LogP contribution is 2.36. The molecule has 1 aliphatic heterocycles. The molecule has 0 unspecified atom stereocenters. The molecule has 2 aromatic heterocycles. The second-order valence-corrected chi connectivity index (χ2v) is 9.69. The van der Waals surface area contributed by atoms with Crippen molar-refractivity contribution in [3.05, 3.63) is 95.8 Å². The third-order valence-electron chi connectivity index (χ3n) is 6.76. The molecular weight excluding hydrogens is 409 g/mol. The van der Waals surface area contributed by atoms with Gasteiger partial charge in [0.1, 0.15) is 11.5 Å². The lowest BCUT2D eigenvalue weighted by atomic mass is 9.80. The Morgan fingerprint density at radius 3 is 2.06 bits per heavy atom. The molecule has 0 amide bonds. The summed E-state index contributed by atoms with van der Waals surface area (Å²) in [5, 5.41) is 3.64. The Morgan fingerprint density at radius 1 is 0.818 bits per heavy atom. The van der Waals surface area contributed by atoms with E-state index >= 15 is 0 Å².